The zero-order chi connectivity index (χ0) is 13.0. The van der Waals surface area contributed by atoms with E-state index in [0.29, 0.717) is 5.56 Å². The minimum Gasteiger partial charge on any atom is -0.298 e. The third-order valence-corrected chi connectivity index (χ3v) is 3.32. The van der Waals surface area contributed by atoms with Gasteiger partial charge in [0.15, 0.2) is 0 Å². The van der Waals surface area contributed by atoms with E-state index in [1.54, 1.807) is 24.3 Å². The van der Waals surface area contributed by atoms with Gasteiger partial charge in [-0.3, -0.25) is 14.9 Å². The maximum Gasteiger partial charge on any atom is 0.269 e. The van der Waals surface area contributed by atoms with Gasteiger partial charge >= 0.3 is 0 Å². The van der Waals surface area contributed by atoms with Crippen LogP contribution in [0.4, 0.5) is 5.69 Å². The molecule has 0 N–H and O–H groups in total. The molecule has 0 aliphatic carbocycles. The van der Waals surface area contributed by atoms with Gasteiger partial charge in [0, 0.05) is 27.5 Å². The van der Waals surface area contributed by atoms with Gasteiger partial charge in [0.1, 0.15) is 6.29 Å². The lowest BCUT2D eigenvalue weighted by Crippen LogP contribution is -1.86. The third kappa shape index (κ3) is 2.95. The summed E-state index contributed by atoms with van der Waals surface area (Å²) >= 11 is 1.49. The van der Waals surface area contributed by atoms with Crippen molar-refractivity contribution in [2.45, 2.75) is 9.79 Å². The second-order valence-electron chi connectivity index (χ2n) is 3.54. The average molecular weight is 259 g/mol. The van der Waals surface area contributed by atoms with Gasteiger partial charge in [-0.1, -0.05) is 23.9 Å². The summed E-state index contributed by atoms with van der Waals surface area (Å²) in [6.07, 6.45) is 0.792. The highest BCUT2D eigenvalue weighted by molar-refractivity contribution is 7.99. The number of nitrogens with zero attached hydrogens (tertiary/aromatic N) is 1. The summed E-state index contributed by atoms with van der Waals surface area (Å²) in [5.74, 6) is 0. The van der Waals surface area contributed by atoms with E-state index in [2.05, 4.69) is 0 Å². The van der Waals surface area contributed by atoms with Crippen LogP contribution in [0.1, 0.15) is 10.4 Å². The number of benzene rings is 2. The van der Waals surface area contributed by atoms with Crippen LogP contribution in [0.25, 0.3) is 0 Å². The molecule has 0 aliphatic heterocycles. The number of hydrogen-bond acceptors (Lipinski definition) is 4. The summed E-state index contributed by atoms with van der Waals surface area (Å²) in [6.45, 7) is 0. The largest absolute Gasteiger partial charge is 0.298 e. The highest BCUT2D eigenvalue weighted by Gasteiger charge is 2.04. The maximum absolute atomic E-state index is 10.5. The van der Waals surface area contributed by atoms with Crippen LogP contribution in [-0.2, 0) is 0 Å². The van der Waals surface area contributed by atoms with Gasteiger partial charge < -0.3 is 0 Å². The van der Waals surface area contributed by atoms with E-state index in [4.69, 9.17) is 0 Å². The Kier molecular flexibility index (Phi) is 3.74. The molecule has 0 bridgehead atoms. The second-order valence-corrected chi connectivity index (χ2v) is 4.69. The molecule has 0 spiro atoms. The van der Waals surface area contributed by atoms with Crippen LogP contribution in [0.2, 0.25) is 0 Å². The van der Waals surface area contributed by atoms with Gasteiger partial charge in [-0.15, -0.1) is 0 Å². The molecule has 18 heavy (non-hydrogen) atoms. The molecule has 0 radical (unpaired) electrons. The van der Waals surface area contributed by atoms with E-state index in [9.17, 15) is 14.9 Å². The lowest BCUT2D eigenvalue weighted by molar-refractivity contribution is -0.384. The molecule has 0 atom stereocenters. The predicted molar refractivity (Wildman–Crippen MR) is 69.0 cm³/mol. The Labute approximate surface area is 108 Å². The van der Waals surface area contributed by atoms with Crippen molar-refractivity contribution in [3.05, 3.63) is 64.2 Å². The van der Waals surface area contributed by atoms with E-state index in [0.717, 1.165) is 16.1 Å². The minimum absolute atomic E-state index is 0.0793. The Morgan fingerprint density at radius 1 is 0.944 bits per heavy atom. The van der Waals surface area contributed by atoms with Crippen molar-refractivity contribution >= 4 is 23.7 Å². The van der Waals surface area contributed by atoms with Crippen LogP contribution in [0.3, 0.4) is 0 Å². The summed E-state index contributed by atoms with van der Waals surface area (Å²) in [5, 5.41) is 10.5. The Bertz CT molecular complexity index is 564. The van der Waals surface area contributed by atoms with Gasteiger partial charge in [0.2, 0.25) is 0 Å². The van der Waals surface area contributed by atoms with Gasteiger partial charge in [0.25, 0.3) is 5.69 Å². The first-order valence-electron chi connectivity index (χ1n) is 5.16. The van der Waals surface area contributed by atoms with Crippen LogP contribution < -0.4 is 0 Å². The number of nitro groups is 1. The maximum atomic E-state index is 10.5. The third-order valence-electron chi connectivity index (χ3n) is 2.30. The molecule has 0 amide bonds. The van der Waals surface area contributed by atoms with Crippen LogP contribution in [0.15, 0.2) is 58.3 Å². The molecule has 0 saturated carbocycles. The minimum atomic E-state index is -0.423. The average Bonchev–Trinajstić information content (AvgIpc) is 2.40. The van der Waals surface area contributed by atoms with Gasteiger partial charge in [0.05, 0.1) is 4.92 Å². The molecular formula is C13H9NO3S. The number of nitro benzene ring substituents is 1. The Morgan fingerprint density at radius 2 is 1.44 bits per heavy atom. The van der Waals surface area contributed by atoms with Crippen LogP contribution in [0.5, 0.6) is 0 Å². The lowest BCUT2D eigenvalue weighted by atomic mass is 10.2. The second kappa shape index (κ2) is 5.46. The number of carbonyl (C=O) groups excluding carboxylic acids is 1. The quantitative estimate of drug-likeness (QED) is 0.478. The zero-order valence-corrected chi connectivity index (χ0v) is 10.1. The van der Waals surface area contributed by atoms with E-state index in [1.807, 2.05) is 12.1 Å². The Hall–Kier alpha value is -2.14. The Balaban J connectivity index is 2.12. The zero-order valence-electron chi connectivity index (χ0n) is 9.28. The first kappa shape index (κ1) is 12.3. The van der Waals surface area contributed by atoms with Gasteiger partial charge in [-0.2, -0.15) is 0 Å². The molecule has 90 valence electrons. The summed E-state index contributed by atoms with van der Waals surface area (Å²) in [4.78, 5) is 22.5. The molecule has 2 rings (SSSR count). The SMILES string of the molecule is O=Cc1ccc(Sc2ccc([N+](=O)[O-])cc2)cc1. The van der Waals surface area contributed by atoms with Crippen molar-refractivity contribution < 1.29 is 9.72 Å². The van der Waals surface area contributed by atoms with Crippen molar-refractivity contribution in [2.75, 3.05) is 0 Å². The predicted octanol–water partition coefficient (Wildman–Crippen LogP) is 3.56. The van der Waals surface area contributed by atoms with Crippen molar-refractivity contribution in [3.8, 4) is 0 Å². The topological polar surface area (TPSA) is 60.2 Å². The number of aldehydes is 1. The van der Waals surface area contributed by atoms with Crippen LogP contribution >= 0.6 is 11.8 Å². The molecule has 5 heteroatoms. The van der Waals surface area contributed by atoms with E-state index in [-0.39, 0.29) is 5.69 Å². The summed E-state index contributed by atoms with van der Waals surface area (Å²) in [5.41, 5.74) is 0.707. The highest BCUT2D eigenvalue weighted by atomic mass is 32.2. The number of non-ortho nitro benzene ring substituents is 1. The normalized spacial score (nSPS) is 10.0. The molecule has 2 aromatic rings. The van der Waals surface area contributed by atoms with Crippen molar-refractivity contribution in [3.63, 3.8) is 0 Å². The van der Waals surface area contributed by atoms with Crippen molar-refractivity contribution in [2.24, 2.45) is 0 Å². The van der Waals surface area contributed by atoms with E-state index >= 15 is 0 Å². The van der Waals surface area contributed by atoms with Crippen molar-refractivity contribution in [1.82, 2.24) is 0 Å². The summed E-state index contributed by atoms with van der Waals surface area (Å²) in [6, 6.07) is 13.5. The number of rotatable bonds is 4. The van der Waals surface area contributed by atoms with Gasteiger partial charge in [-0.25, -0.2) is 0 Å². The Morgan fingerprint density at radius 3 is 1.89 bits per heavy atom. The van der Waals surface area contributed by atoms with Crippen molar-refractivity contribution in [1.29, 1.82) is 0 Å². The van der Waals surface area contributed by atoms with E-state index < -0.39 is 4.92 Å². The highest BCUT2D eigenvalue weighted by Crippen LogP contribution is 2.28. The summed E-state index contributed by atoms with van der Waals surface area (Å²) < 4.78 is 0. The molecule has 0 fully saturated rings. The molecule has 0 unspecified atom stereocenters. The molecule has 0 saturated heterocycles. The standard InChI is InChI=1S/C13H9NO3S/c15-9-10-1-5-12(6-2-10)18-13-7-3-11(4-8-13)14(16)17/h1-9H. The summed E-state index contributed by atoms with van der Waals surface area (Å²) in [7, 11) is 0. The number of hydrogen-bond donors (Lipinski definition) is 0. The molecule has 0 aromatic heterocycles. The molecule has 0 heterocycles. The first-order valence-corrected chi connectivity index (χ1v) is 5.98. The van der Waals surface area contributed by atoms with E-state index in [1.165, 1.54) is 23.9 Å². The van der Waals surface area contributed by atoms with Crippen LogP contribution in [0, 0.1) is 10.1 Å². The first-order chi connectivity index (χ1) is 8.69. The number of carbonyl (C=O) groups is 1. The smallest absolute Gasteiger partial charge is 0.269 e. The molecule has 2 aromatic carbocycles. The fourth-order valence-electron chi connectivity index (χ4n) is 1.39. The molecule has 0 aliphatic rings. The van der Waals surface area contributed by atoms with Gasteiger partial charge in [-0.05, 0) is 24.3 Å². The molecular weight excluding hydrogens is 250 g/mol. The monoisotopic (exact) mass is 259 g/mol. The molecule has 4 nitrogen and oxygen atoms in total. The lowest BCUT2D eigenvalue weighted by Gasteiger charge is -2.01. The fraction of sp³-hybridized carbons (Fsp3) is 0. The van der Waals surface area contributed by atoms with Crippen LogP contribution in [-0.4, -0.2) is 11.2 Å². The fourth-order valence-corrected chi connectivity index (χ4v) is 2.20.